The van der Waals surface area contributed by atoms with Crippen molar-refractivity contribution in [2.75, 3.05) is 13.1 Å². The molecule has 1 saturated heterocycles. The van der Waals surface area contributed by atoms with E-state index in [-0.39, 0.29) is 5.91 Å². The fourth-order valence-electron chi connectivity index (χ4n) is 1.58. The molecule has 4 heteroatoms. The van der Waals surface area contributed by atoms with Crippen LogP contribution in [0.5, 0.6) is 0 Å². The van der Waals surface area contributed by atoms with Crippen molar-refractivity contribution < 1.29 is 4.79 Å². The molecular weight excluding hydrogens is 184 g/mol. The number of hydrogen-bond acceptors (Lipinski definition) is 3. The second kappa shape index (κ2) is 3.87. The molecule has 0 radical (unpaired) electrons. The van der Waals surface area contributed by atoms with Crippen LogP contribution in [-0.4, -0.2) is 28.9 Å². The molecule has 0 spiro atoms. The second-order valence-corrected chi connectivity index (χ2v) is 3.95. The first-order chi connectivity index (χ1) is 6.38. The molecule has 2 heterocycles. The number of carbonyl (C=O) groups is 1. The molecule has 13 heavy (non-hydrogen) atoms. The minimum atomic E-state index is 0.0981. The Morgan fingerprint density at radius 2 is 2.15 bits per heavy atom. The zero-order chi connectivity index (χ0) is 9.10. The van der Waals surface area contributed by atoms with Crippen LogP contribution in [-0.2, 0) is 0 Å². The maximum Gasteiger partial charge on any atom is 0.273 e. The molecule has 0 bridgehead atoms. The monoisotopic (exact) mass is 196 g/mol. The van der Waals surface area contributed by atoms with E-state index < -0.39 is 0 Å². The summed E-state index contributed by atoms with van der Waals surface area (Å²) < 4.78 is 0. The zero-order valence-corrected chi connectivity index (χ0v) is 8.22. The predicted molar refractivity (Wildman–Crippen MR) is 51.9 cm³/mol. The van der Waals surface area contributed by atoms with E-state index >= 15 is 0 Å². The molecule has 1 aliphatic rings. The molecular formula is C9H12N2OS. The Bertz CT molecular complexity index is 278. The van der Waals surface area contributed by atoms with Gasteiger partial charge in [0.1, 0.15) is 5.69 Å². The summed E-state index contributed by atoms with van der Waals surface area (Å²) in [5, 5.41) is 1.82. The summed E-state index contributed by atoms with van der Waals surface area (Å²) in [7, 11) is 0. The van der Waals surface area contributed by atoms with Crippen LogP contribution in [0.3, 0.4) is 0 Å². The maximum absolute atomic E-state index is 11.7. The van der Waals surface area contributed by atoms with Gasteiger partial charge in [-0.2, -0.15) is 0 Å². The molecule has 0 N–H and O–H groups in total. The number of piperidine rings is 1. The number of thiazole rings is 1. The minimum Gasteiger partial charge on any atom is -0.337 e. The van der Waals surface area contributed by atoms with Crippen LogP contribution in [0.25, 0.3) is 0 Å². The van der Waals surface area contributed by atoms with Crippen LogP contribution in [0.1, 0.15) is 29.8 Å². The first-order valence-electron chi connectivity index (χ1n) is 4.55. The van der Waals surface area contributed by atoms with E-state index in [4.69, 9.17) is 0 Å². The van der Waals surface area contributed by atoms with Crippen LogP contribution in [0, 0.1) is 0 Å². The van der Waals surface area contributed by atoms with E-state index in [1.165, 1.54) is 17.8 Å². The van der Waals surface area contributed by atoms with Crippen LogP contribution >= 0.6 is 11.3 Å². The summed E-state index contributed by atoms with van der Waals surface area (Å²) in [6.07, 6.45) is 3.52. The van der Waals surface area contributed by atoms with Crippen molar-refractivity contribution >= 4 is 17.2 Å². The summed E-state index contributed by atoms with van der Waals surface area (Å²) in [5.41, 5.74) is 2.31. The highest BCUT2D eigenvalue weighted by atomic mass is 32.1. The number of likely N-dealkylation sites (tertiary alicyclic amines) is 1. The molecule has 1 aliphatic heterocycles. The molecule has 3 nitrogen and oxygen atoms in total. The van der Waals surface area contributed by atoms with E-state index in [0.29, 0.717) is 5.69 Å². The second-order valence-electron chi connectivity index (χ2n) is 3.23. The number of hydrogen-bond donors (Lipinski definition) is 0. The Morgan fingerprint density at radius 3 is 2.77 bits per heavy atom. The van der Waals surface area contributed by atoms with Crippen LogP contribution in [0.4, 0.5) is 0 Å². The maximum atomic E-state index is 11.7. The average Bonchev–Trinajstić information content (AvgIpc) is 2.71. The molecule has 0 saturated carbocycles. The third-order valence-corrected chi connectivity index (χ3v) is 2.88. The van der Waals surface area contributed by atoms with Gasteiger partial charge in [-0.3, -0.25) is 4.79 Å². The average molecular weight is 196 g/mol. The summed E-state index contributed by atoms with van der Waals surface area (Å²) in [6.45, 7) is 1.80. The number of aromatic nitrogens is 1. The fourth-order valence-corrected chi connectivity index (χ4v) is 2.10. The van der Waals surface area contributed by atoms with E-state index in [1.54, 1.807) is 5.51 Å². The quantitative estimate of drug-likeness (QED) is 0.686. The van der Waals surface area contributed by atoms with Gasteiger partial charge in [0.05, 0.1) is 5.51 Å². The van der Waals surface area contributed by atoms with Gasteiger partial charge in [0.15, 0.2) is 0 Å². The SMILES string of the molecule is O=C(c1cscn1)N1CCCCC1. The van der Waals surface area contributed by atoms with E-state index in [1.807, 2.05) is 10.3 Å². The van der Waals surface area contributed by atoms with E-state index in [9.17, 15) is 4.79 Å². The standard InChI is InChI=1S/C9H12N2OS/c12-9(8-6-13-7-10-8)11-4-2-1-3-5-11/h6-7H,1-5H2. The van der Waals surface area contributed by atoms with Crippen molar-refractivity contribution in [3.05, 3.63) is 16.6 Å². The lowest BCUT2D eigenvalue weighted by Gasteiger charge is -2.25. The zero-order valence-electron chi connectivity index (χ0n) is 7.40. The molecule has 2 rings (SSSR count). The van der Waals surface area contributed by atoms with Crippen molar-refractivity contribution in [2.45, 2.75) is 19.3 Å². The molecule has 0 aromatic carbocycles. The van der Waals surface area contributed by atoms with Crippen LogP contribution in [0.15, 0.2) is 10.9 Å². The molecule has 0 aliphatic carbocycles. The Labute approximate surface area is 81.4 Å². The largest absolute Gasteiger partial charge is 0.337 e. The van der Waals surface area contributed by atoms with Gasteiger partial charge in [0.2, 0.25) is 0 Å². The number of carbonyl (C=O) groups excluding carboxylic acids is 1. The smallest absolute Gasteiger partial charge is 0.273 e. The lowest BCUT2D eigenvalue weighted by molar-refractivity contribution is 0.0719. The van der Waals surface area contributed by atoms with Gasteiger partial charge in [-0.1, -0.05) is 0 Å². The van der Waals surface area contributed by atoms with E-state index in [0.717, 1.165) is 25.9 Å². The predicted octanol–water partition coefficient (Wildman–Crippen LogP) is 1.77. The molecule has 70 valence electrons. The Balaban J connectivity index is 2.04. The molecule has 1 aromatic heterocycles. The highest BCUT2D eigenvalue weighted by Gasteiger charge is 2.18. The summed E-state index contributed by atoms with van der Waals surface area (Å²) in [6, 6.07) is 0. The third kappa shape index (κ3) is 1.88. The van der Waals surface area contributed by atoms with Gasteiger partial charge in [-0.25, -0.2) is 4.98 Å². The third-order valence-electron chi connectivity index (χ3n) is 2.29. The Kier molecular flexibility index (Phi) is 2.59. The van der Waals surface area contributed by atoms with Crippen molar-refractivity contribution in [1.82, 2.24) is 9.88 Å². The molecule has 0 atom stereocenters. The van der Waals surface area contributed by atoms with Crippen molar-refractivity contribution in [1.29, 1.82) is 0 Å². The van der Waals surface area contributed by atoms with Gasteiger partial charge < -0.3 is 4.90 Å². The lowest BCUT2D eigenvalue weighted by Crippen LogP contribution is -2.35. The van der Waals surface area contributed by atoms with Crippen LogP contribution < -0.4 is 0 Å². The lowest BCUT2D eigenvalue weighted by atomic mass is 10.1. The summed E-state index contributed by atoms with van der Waals surface area (Å²) >= 11 is 1.47. The van der Waals surface area contributed by atoms with Gasteiger partial charge >= 0.3 is 0 Å². The normalized spacial score (nSPS) is 17.4. The topological polar surface area (TPSA) is 33.2 Å². The Hall–Kier alpha value is -0.900. The highest BCUT2D eigenvalue weighted by molar-refractivity contribution is 7.07. The molecule has 1 aromatic rings. The first-order valence-corrected chi connectivity index (χ1v) is 5.49. The van der Waals surface area contributed by atoms with Crippen molar-refractivity contribution in [2.24, 2.45) is 0 Å². The van der Waals surface area contributed by atoms with E-state index in [2.05, 4.69) is 4.98 Å². The van der Waals surface area contributed by atoms with Gasteiger partial charge in [-0.15, -0.1) is 11.3 Å². The minimum absolute atomic E-state index is 0.0981. The number of rotatable bonds is 1. The molecule has 1 fully saturated rings. The summed E-state index contributed by atoms with van der Waals surface area (Å²) in [4.78, 5) is 17.7. The van der Waals surface area contributed by atoms with Crippen molar-refractivity contribution in [3.63, 3.8) is 0 Å². The number of nitrogens with zero attached hydrogens (tertiary/aromatic N) is 2. The highest BCUT2D eigenvalue weighted by Crippen LogP contribution is 2.12. The van der Waals surface area contributed by atoms with Crippen LogP contribution in [0.2, 0.25) is 0 Å². The van der Waals surface area contributed by atoms with Crippen molar-refractivity contribution in [3.8, 4) is 0 Å². The first kappa shape index (κ1) is 8.69. The van der Waals surface area contributed by atoms with Gasteiger partial charge in [0.25, 0.3) is 5.91 Å². The van der Waals surface area contributed by atoms with Gasteiger partial charge in [0, 0.05) is 18.5 Å². The van der Waals surface area contributed by atoms with Gasteiger partial charge in [-0.05, 0) is 19.3 Å². The Morgan fingerprint density at radius 1 is 1.38 bits per heavy atom. The fraction of sp³-hybridized carbons (Fsp3) is 0.556. The molecule has 1 amide bonds. The number of amides is 1. The summed E-state index contributed by atoms with van der Waals surface area (Å²) in [5.74, 6) is 0.0981. The molecule has 0 unspecified atom stereocenters.